The molecule has 2 atom stereocenters. The van der Waals surface area contributed by atoms with Gasteiger partial charge in [0.05, 0.1) is 0 Å². The van der Waals surface area contributed by atoms with E-state index in [1.54, 1.807) is 6.07 Å². The number of H-pyrrole nitrogens is 1. The van der Waals surface area contributed by atoms with Crippen LogP contribution in [-0.2, 0) is 0 Å². The van der Waals surface area contributed by atoms with Gasteiger partial charge in [0, 0.05) is 18.2 Å². The van der Waals surface area contributed by atoms with E-state index in [0.29, 0.717) is 12.1 Å². The number of rotatable bonds is 1. The lowest BCUT2D eigenvalue weighted by atomic mass is 9.98. The van der Waals surface area contributed by atoms with Gasteiger partial charge in [-0.2, -0.15) is 5.10 Å². The smallest absolute Gasteiger partial charge is 0.264 e. The van der Waals surface area contributed by atoms with Crippen LogP contribution in [0, 0.1) is 0 Å². The quantitative estimate of drug-likeness (QED) is 0.760. The standard InChI is InChI=1S/C11H17N3O/c1-8-4-3-5-9(2)14(8)10-6-7-11(15)13-12-10/h6-9H,3-5H2,1-2H3,(H,13,15)/t8-,9-/m1/s1. The van der Waals surface area contributed by atoms with Crippen molar-refractivity contribution in [1.82, 2.24) is 10.2 Å². The largest absolute Gasteiger partial charge is 0.350 e. The number of nitrogens with zero attached hydrogens (tertiary/aromatic N) is 2. The fraction of sp³-hybridized carbons (Fsp3) is 0.636. The van der Waals surface area contributed by atoms with Crippen molar-refractivity contribution in [2.45, 2.75) is 45.2 Å². The van der Waals surface area contributed by atoms with Gasteiger partial charge in [-0.3, -0.25) is 4.79 Å². The van der Waals surface area contributed by atoms with E-state index in [9.17, 15) is 4.79 Å². The second kappa shape index (κ2) is 4.04. The zero-order chi connectivity index (χ0) is 10.8. The van der Waals surface area contributed by atoms with Crippen molar-refractivity contribution >= 4 is 5.82 Å². The molecule has 0 aliphatic carbocycles. The Hall–Kier alpha value is -1.32. The van der Waals surface area contributed by atoms with Crippen LogP contribution >= 0.6 is 0 Å². The predicted octanol–water partition coefficient (Wildman–Crippen LogP) is 1.54. The Bertz CT molecular complexity index is 357. The van der Waals surface area contributed by atoms with Crippen LogP contribution in [0.5, 0.6) is 0 Å². The molecular weight excluding hydrogens is 190 g/mol. The van der Waals surface area contributed by atoms with Crippen LogP contribution in [0.2, 0.25) is 0 Å². The van der Waals surface area contributed by atoms with Gasteiger partial charge in [-0.25, -0.2) is 5.10 Å². The Labute approximate surface area is 89.3 Å². The molecule has 2 heterocycles. The van der Waals surface area contributed by atoms with E-state index in [-0.39, 0.29) is 5.56 Å². The maximum atomic E-state index is 10.9. The normalized spacial score (nSPS) is 26.7. The molecule has 2 rings (SSSR count). The molecule has 1 saturated heterocycles. The summed E-state index contributed by atoms with van der Waals surface area (Å²) < 4.78 is 0. The van der Waals surface area contributed by atoms with Gasteiger partial charge in [0.2, 0.25) is 0 Å². The average molecular weight is 207 g/mol. The van der Waals surface area contributed by atoms with Crippen molar-refractivity contribution in [1.29, 1.82) is 0 Å². The van der Waals surface area contributed by atoms with Gasteiger partial charge in [0.15, 0.2) is 0 Å². The third-order valence-electron chi connectivity index (χ3n) is 3.12. The summed E-state index contributed by atoms with van der Waals surface area (Å²) in [5.74, 6) is 0.884. The van der Waals surface area contributed by atoms with Crippen molar-refractivity contribution in [3.8, 4) is 0 Å². The zero-order valence-electron chi connectivity index (χ0n) is 9.23. The van der Waals surface area contributed by atoms with E-state index in [4.69, 9.17) is 0 Å². The summed E-state index contributed by atoms with van der Waals surface area (Å²) in [6.07, 6.45) is 3.68. The van der Waals surface area contributed by atoms with Crippen LogP contribution < -0.4 is 10.5 Å². The van der Waals surface area contributed by atoms with Gasteiger partial charge in [-0.05, 0) is 39.2 Å². The molecule has 1 aromatic rings. The highest BCUT2D eigenvalue weighted by Gasteiger charge is 2.25. The number of hydrogen-bond acceptors (Lipinski definition) is 3. The number of anilines is 1. The Kier molecular flexibility index (Phi) is 2.75. The van der Waals surface area contributed by atoms with Crippen LogP contribution in [-0.4, -0.2) is 22.3 Å². The number of nitrogens with one attached hydrogen (secondary N) is 1. The molecule has 82 valence electrons. The van der Waals surface area contributed by atoms with Crippen molar-refractivity contribution in [2.75, 3.05) is 4.90 Å². The lowest BCUT2D eigenvalue weighted by molar-refractivity contribution is 0.410. The van der Waals surface area contributed by atoms with Gasteiger partial charge in [-0.15, -0.1) is 0 Å². The van der Waals surface area contributed by atoms with E-state index >= 15 is 0 Å². The third kappa shape index (κ3) is 2.03. The van der Waals surface area contributed by atoms with E-state index in [2.05, 4.69) is 28.9 Å². The molecule has 0 unspecified atom stereocenters. The van der Waals surface area contributed by atoms with Crippen LogP contribution in [0.1, 0.15) is 33.1 Å². The van der Waals surface area contributed by atoms with Crippen LogP contribution in [0.15, 0.2) is 16.9 Å². The molecule has 0 saturated carbocycles. The van der Waals surface area contributed by atoms with Crippen molar-refractivity contribution in [3.05, 3.63) is 22.5 Å². The molecule has 1 fully saturated rings. The zero-order valence-corrected chi connectivity index (χ0v) is 9.23. The molecule has 1 aliphatic heterocycles. The minimum atomic E-state index is -0.143. The Morgan fingerprint density at radius 2 is 2.00 bits per heavy atom. The summed E-state index contributed by atoms with van der Waals surface area (Å²) >= 11 is 0. The molecule has 4 heteroatoms. The third-order valence-corrected chi connectivity index (χ3v) is 3.12. The highest BCUT2D eigenvalue weighted by Crippen LogP contribution is 2.26. The average Bonchev–Trinajstić information content (AvgIpc) is 2.20. The van der Waals surface area contributed by atoms with Gasteiger partial charge in [0.1, 0.15) is 5.82 Å². The van der Waals surface area contributed by atoms with Crippen molar-refractivity contribution in [2.24, 2.45) is 0 Å². The number of hydrogen-bond donors (Lipinski definition) is 1. The molecule has 15 heavy (non-hydrogen) atoms. The Morgan fingerprint density at radius 1 is 1.33 bits per heavy atom. The first-order chi connectivity index (χ1) is 7.18. The minimum absolute atomic E-state index is 0.143. The summed E-state index contributed by atoms with van der Waals surface area (Å²) in [6, 6.07) is 4.35. The van der Waals surface area contributed by atoms with Crippen molar-refractivity contribution in [3.63, 3.8) is 0 Å². The highest BCUT2D eigenvalue weighted by atomic mass is 16.1. The minimum Gasteiger partial charge on any atom is -0.350 e. The van der Waals surface area contributed by atoms with E-state index in [1.807, 2.05) is 0 Å². The summed E-state index contributed by atoms with van der Waals surface area (Å²) in [6.45, 7) is 4.42. The number of aromatic nitrogens is 2. The summed E-state index contributed by atoms with van der Waals surface area (Å²) in [4.78, 5) is 13.2. The molecule has 0 spiro atoms. The molecule has 0 amide bonds. The summed E-state index contributed by atoms with van der Waals surface area (Å²) in [5, 5.41) is 6.58. The van der Waals surface area contributed by atoms with Gasteiger partial charge in [-0.1, -0.05) is 0 Å². The van der Waals surface area contributed by atoms with Gasteiger partial charge in [0.25, 0.3) is 5.56 Å². The maximum absolute atomic E-state index is 10.9. The predicted molar refractivity (Wildman–Crippen MR) is 60.1 cm³/mol. The van der Waals surface area contributed by atoms with Crippen LogP contribution in [0.25, 0.3) is 0 Å². The van der Waals surface area contributed by atoms with E-state index < -0.39 is 0 Å². The Balaban J connectivity index is 2.27. The summed E-state index contributed by atoms with van der Waals surface area (Å²) in [5.41, 5.74) is -0.143. The first-order valence-electron chi connectivity index (χ1n) is 5.52. The van der Waals surface area contributed by atoms with Gasteiger partial charge >= 0.3 is 0 Å². The van der Waals surface area contributed by atoms with Gasteiger partial charge < -0.3 is 4.90 Å². The van der Waals surface area contributed by atoms with E-state index in [1.165, 1.54) is 25.3 Å². The second-order valence-corrected chi connectivity index (χ2v) is 4.32. The lowest BCUT2D eigenvalue weighted by Crippen LogP contribution is -2.44. The molecule has 0 bridgehead atoms. The monoisotopic (exact) mass is 207 g/mol. The van der Waals surface area contributed by atoms with Crippen molar-refractivity contribution < 1.29 is 0 Å². The maximum Gasteiger partial charge on any atom is 0.264 e. The van der Waals surface area contributed by atoms with Crippen LogP contribution in [0.4, 0.5) is 5.82 Å². The van der Waals surface area contributed by atoms with E-state index in [0.717, 1.165) is 5.82 Å². The topological polar surface area (TPSA) is 49.0 Å². The first kappa shape index (κ1) is 10.2. The first-order valence-corrected chi connectivity index (χ1v) is 5.52. The second-order valence-electron chi connectivity index (χ2n) is 4.32. The SMILES string of the molecule is C[C@@H]1CCC[C@@H](C)N1c1ccc(=O)[nH]n1. The fourth-order valence-corrected chi connectivity index (χ4v) is 2.35. The number of aromatic amines is 1. The fourth-order valence-electron chi connectivity index (χ4n) is 2.35. The number of piperidine rings is 1. The molecule has 1 N–H and O–H groups in total. The molecule has 4 nitrogen and oxygen atoms in total. The Morgan fingerprint density at radius 3 is 2.53 bits per heavy atom. The van der Waals surface area contributed by atoms with Crippen LogP contribution in [0.3, 0.4) is 0 Å². The molecular formula is C11H17N3O. The highest BCUT2D eigenvalue weighted by molar-refractivity contribution is 5.39. The molecule has 1 aliphatic rings. The lowest BCUT2D eigenvalue weighted by Gasteiger charge is -2.39. The summed E-state index contributed by atoms with van der Waals surface area (Å²) in [7, 11) is 0. The molecule has 1 aromatic heterocycles. The molecule has 0 aromatic carbocycles. The molecule has 0 radical (unpaired) electrons.